The first-order valence-corrected chi connectivity index (χ1v) is 8.42. The molecule has 2 aromatic rings. The average Bonchev–Trinajstić information content (AvgIpc) is 2.40. The van der Waals surface area contributed by atoms with Gasteiger partial charge < -0.3 is 5.32 Å². The Hall–Kier alpha value is -1.85. The monoisotopic (exact) mass is 323 g/mol. The second kappa shape index (κ2) is 5.87. The molecule has 0 bridgehead atoms. The summed E-state index contributed by atoms with van der Waals surface area (Å²) in [5.74, 6) is -0.389. The van der Waals surface area contributed by atoms with E-state index in [0.717, 1.165) is 11.8 Å². The van der Waals surface area contributed by atoms with Crippen LogP contribution < -0.4 is 5.32 Å². The van der Waals surface area contributed by atoms with E-state index in [4.69, 9.17) is 11.6 Å². The van der Waals surface area contributed by atoms with Crippen molar-refractivity contribution in [1.29, 1.82) is 0 Å². The number of halogens is 1. The van der Waals surface area contributed by atoms with Gasteiger partial charge >= 0.3 is 0 Å². The lowest BCUT2D eigenvalue weighted by atomic mass is 10.2. The van der Waals surface area contributed by atoms with Crippen LogP contribution in [-0.4, -0.2) is 20.6 Å². The van der Waals surface area contributed by atoms with E-state index in [2.05, 4.69) is 5.32 Å². The van der Waals surface area contributed by atoms with Crippen LogP contribution in [0.3, 0.4) is 0 Å². The van der Waals surface area contributed by atoms with Gasteiger partial charge in [0.2, 0.25) is 0 Å². The van der Waals surface area contributed by atoms with Crippen molar-refractivity contribution in [2.24, 2.45) is 0 Å². The number of amides is 1. The summed E-state index contributed by atoms with van der Waals surface area (Å²) in [6, 6.07) is 11.5. The maximum Gasteiger partial charge on any atom is 0.255 e. The van der Waals surface area contributed by atoms with Crippen LogP contribution in [0.1, 0.15) is 15.9 Å². The molecule has 0 fully saturated rings. The van der Waals surface area contributed by atoms with E-state index in [1.54, 1.807) is 12.1 Å². The van der Waals surface area contributed by atoms with Crippen molar-refractivity contribution in [1.82, 2.24) is 0 Å². The molecule has 0 spiro atoms. The molecule has 0 aliphatic carbocycles. The zero-order valence-corrected chi connectivity index (χ0v) is 13.1. The molecule has 0 aliphatic rings. The highest BCUT2D eigenvalue weighted by molar-refractivity contribution is 7.90. The van der Waals surface area contributed by atoms with Crippen LogP contribution >= 0.6 is 11.6 Å². The van der Waals surface area contributed by atoms with Gasteiger partial charge in [-0.2, -0.15) is 0 Å². The minimum atomic E-state index is -3.48. The van der Waals surface area contributed by atoms with Crippen molar-refractivity contribution in [2.45, 2.75) is 11.8 Å². The quantitative estimate of drug-likeness (QED) is 0.942. The molecule has 0 aliphatic heterocycles. The first-order chi connectivity index (χ1) is 9.77. The molecule has 0 heterocycles. The summed E-state index contributed by atoms with van der Waals surface area (Å²) >= 11 is 5.85. The van der Waals surface area contributed by atoms with Crippen LogP contribution in [0.15, 0.2) is 47.4 Å². The van der Waals surface area contributed by atoms with E-state index in [1.165, 1.54) is 18.2 Å². The number of benzene rings is 2. The number of sulfone groups is 1. The highest BCUT2D eigenvalue weighted by Gasteiger charge is 2.15. The summed E-state index contributed by atoms with van der Waals surface area (Å²) in [5, 5.41) is 2.81. The van der Waals surface area contributed by atoms with E-state index < -0.39 is 9.84 Å². The van der Waals surface area contributed by atoms with E-state index in [-0.39, 0.29) is 21.4 Å². The minimum Gasteiger partial charge on any atom is -0.322 e. The van der Waals surface area contributed by atoms with Crippen molar-refractivity contribution in [3.8, 4) is 0 Å². The van der Waals surface area contributed by atoms with Crippen LogP contribution in [0.25, 0.3) is 0 Å². The second-order valence-electron chi connectivity index (χ2n) is 4.74. The molecular weight excluding hydrogens is 310 g/mol. The first-order valence-electron chi connectivity index (χ1n) is 6.15. The van der Waals surface area contributed by atoms with Gasteiger partial charge in [-0.1, -0.05) is 29.3 Å². The molecule has 2 aromatic carbocycles. The van der Waals surface area contributed by atoms with Crippen molar-refractivity contribution in [3.05, 3.63) is 58.6 Å². The van der Waals surface area contributed by atoms with Gasteiger partial charge in [0.15, 0.2) is 9.84 Å². The zero-order chi connectivity index (χ0) is 15.6. The Morgan fingerprint density at radius 1 is 1.10 bits per heavy atom. The van der Waals surface area contributed by atoms with Crippen LogP contribution in [0.2, 0.25) is 5.02 Å². The summed E-state index contributed by atoms with van der Waals surface area (Å²) in [5.41, 5.74) is 1.96. The highest BCUT2D eigenvalue weighted by Crippen LogP contribution is 2.23. The van der Waals surface area contributed by atoms with Gasteiger partial charge in [0.05, 0.1) is 9.92 Å². The number of hydrogen-bond donors (Lipinski definition) is 1. The van der Waals surface area contributed by atoms with Crippen molar-refractivity contribution in [2.75, 3.05) is 11.6 Å². The minimum absolute atomic E-state index is 0.0549. The van der Waals surface area contributed by atoms with Gasteiger partial charge in [-0.3, -0.25) is 4.79 Å². The van der Waals surface area contributed by atoms with Gasteiger partial charge in [0.25, 0.3) is 5.91 Å². The number of anilines is 1. The lowest BCUT2D eigenvalue weighted by Crippen LogP contribution is -2.12. The highest BCUT2D eigenvalue weighted by atomic mass is 35.5. The maximum absolute atomic E-state index is 12.1. The molecule has 21 heavy (non-hydrogen) atoms. The summed E-state index contributed by atoms with van der Waals surface area (Å²) in [6.07, 6.45) is 1.05. The third-order valence-electron chi connectivity index (χ3n) is 2.90. The zero-order valence-electron chi connectivity index (χ0n) is 11.6. The number of hydrogen-bond acceptors (Lipinski definition) is 3. The maximum atomic E-state index is 12.1. The molecule has 0 saturated heterocycles. The number of nitrogens with one attached hydrogen (secondary N) is 1. The molecule has 6 heteroatoms. The third kappa shape index (κ3) is 3.83. The first kappa shape index (κ1) is 15.5. The molecule has 110 valence electrons. The van der Waals surface area contributed by atoms with E-state index in [0.29, 0.717) is 5.69 Å². The Bertz CT molecular complexity index is 783. The van der Waals surface area contributed by atoms with Gasteiger partial charge in [0, 0.05) is 17.5 Å². The van der Waals surface area contributed by atoms with Crippen LogP contribution in [0, 0.1) is 6.92 Å². The molecule has 0 aromatic heterocycles. The average molecular weight is 324 g/mol. The second-order valence-corrected chi connectivity index (χ2v) is 7.13. The number of carbonyl (C=O) groups excluding carboxylic acids is 1. The van der Waals surface area contributed by atoms with E-state index in [9.17, 15) is 13.2 Å². The summed E-state index contributed by atoms with van der Waals surface area (Å²) < 4.78 is 23.2. The van der Waals surface area contributed by atoms with Gasteiger partial charge in [0.1, 0.15) is 0 Å². The Morgan fingerprint density at radius 3 is 2.29 bits per heavy atom. The molecule has 0 radical (unpaired) electrons. The van der Waals surface area contributed by atoms with Crippen molar-refractivity contribution < 1.29 is 13.2 Å². The molecule has 4 nitrogen and oxygen atoms in total. The normalized spacial score (nSPS) is 11.2. The lowest BCUT2D eigenvalue weighted by Gasteiger charge is -2.08. The lowest BCUT2D eigenvalue weighted by molar-refractivity contribution is 0.102. The molecule has 0 saturated carbocycles. The van der Waals surface area contributed by atoms with Crippen LogP contribution in [0.4, 0.5) is 5.69 Å². The van der Waals surface area contributed by atoms with Gasteiger partial charge in [-0.15, -0.1) is 0 Å². The SMILES string of the molecule is Cc1ccc(NC(=O)c2ccc(Cl)c(S(C)(=O)=O)c2)cc1. The standard InChI is InChI=1S/C15H14ClNO3S/c1-10-3-6-12(7-4-10)17-15(18)11-5-8-13(16)14(9-11)21(2,19)20/h3-9H,1-2H3,(H,17,18). The third-order valence-corrected chi connectivity index (χ3v) is 4.48. The van der Waals surface area contributed by atoms with Gasteiger partial charge in [-0.05, 0) is 37.3 Å². The molecule has 1 N–H and O–H groups in total. The van der Waals surface area contributed by atoms with E-state index in [1.807, 2.05) is 19.1 Å². The fourth-order valence-corrected chi connectivity index (χ4v) is 3.07. The van der Waals surface area contributed by atoms with Gasteiger partial charge in [-0.25, -0.2) is 8.42 Å². The predicted octanol–water partition coefficient (Wildman–Crippen LogP) is 3.30. The predicted molar refractivity (Wildman–Crippen MR) is 83.7 cm³/mol. The topological polar surface area (TPSA) is 63.2 Å². The molecular formula is C15H14ClNO3S. The van der Waals surface area contributed by atoms with Crippen molar-refractivity contribution in [3.63, 3.8) is 0 Å². The van der Waals surface area contributed by atoms with E-state index >= 15 is 0 Å². The summed E-state index contributed by atoms with van der Waals surface area (Å²) in [7, 11) is -3.48. The fourth-order valence-electron chi connectivity index (χ4n) is 1.77. The summed E-state index contributed by atoms with van der Waals surface area (Å²) in [6.45, 7) is 1.95. The number of aryl methyl sites for hydroxylation is 1. The Morgan fingerprint density at radius 2 is 1.71 bits per heavy atom. The molecule has 1 amide bonds. The fraction of sp³-hybridized carbons (Fsp3) is 0.133. The number of rotatable bonds is 3. The van der Waals surface area contributed by atoms with Crippen LogP contribution in [-0.2, 0) is 9.84 Å². The largest absolute Gasteiger partial charge is 0.322 e. The summed E-state index contributed by atoms with van der Waals surface area (Å²) in [4.78, 5) is 12.1. The van der Waals surface area contributed by atoms with Crippen LogP contribution in [0.5, 0.6) is 0 Å². The Labute approximate surface area is 128 Å². The molecule has 0 unspecified atom stereocenters. The Balaban J connectivity index is 2.30. The smallest absolute Gasteiger partial charge is 0.255 e. The molecule has 0 atom stereocenters. The Kier molecular flexibility index (Phi) is 4.34. The molecule has 2 rings (SSSR count). The number of carbonyl (C=O) groups is 1. The van der Waals surface area contributed by atoms with Crippen molar-refractivity contribution >= 4 is 33.0 Å².